The SMILES string of the molecule is CC(=O)OCC1=C(C(=O)O)N2C(=O)C(NC(=O)C(NC(=O)N3CCC(=Cc4ccc(Cl)cc4)C3=O)c3ccccc3)[C@@H]2SC1. The highest BCUT2D eigenvalue weighted by Gasteiger charge is 2.54. The second-order valence-electron chi connectivity index (χ2n) is 10.2. The van der Waals surface area contributed by atoms with Crippen LogP contribution in [0.1, 0.15) is 30.5 Å². The van der Waals surface area contributed by atoms with Gasteiger partial charge in [0.05, 0.1) is 0 Å². The number of imide groups is 1. The predicted molar refractivity (Wildman–Crippen MR) is 160 cm³/mol. The number of amides is 5. The molecule has 0 radical (unpaired) electrons. The number of hydrogen-bond donors (Lipinski definition) is 3. The second kappa shape index (κ2) is 12.9. The molecule has 0 saturated carbocycles. The number of benzene rings is 2. The van der Waals surface area contributed by atoms with Gasteiger partial charge < -0.3 is 20.5 Å². The molecule has 0 aliphatic carbocycles. The van der Waals surface area contributed by atoms with E-state index in [0.717, 1.165) is 15.4 Å². The summed E-state index contributed by atoms with van der Waals surface area (Å²) in [6.07, 6.45) is 2.00. The molecule has 5 amide bonds. The zero-order valence-electron chi connectivity index (χ0n) is 23.3. The molecule has 228 valence electrons. The lowest BCUT2D eigenvalue weighted by Crippen LogP contribution is -2.71. The average Bonchev–Trinajstić information content (AvgIpc) is 3.37. The van der Waals surface area contributed by atoms with Crippen LogP contribution in [0.5, 0.6) is 0 Å². The molecular weight excluding hydrogens is 612 g/mol. The van der Waals surface area contributed by atoms with Crippen LogP contribution in [0.25, 0.3) is 6.08 Å². The Hall–Kier alpha value is -4.62. The van der Waals surface area contributed by atoms with E-state index in [2.05, 4.69) is 10.6 Å². The van der Waals surface area contributed by atoms with E-state index in [-0.39, 0.29) is 30.2 Å². The molecule has 0 spiro atoms. The van der Waals surface area contributed by atoms with E-state index < -0.39 is 53.1 Å². The van der Waals surface area contributed by atoms with Crippen LogP contribution in [0, 0.1) is 0 Å². The zero-order valence-corrected chi connectivity index (χ0v) is 24.9. The first-order chi connectivity index (χ1) is 21.0. The smallest absolute Gasteiger partial charge is 0.352 e. The number of carboxylic acid groups (broad SMARTS) is 1. The quantitative estimate of drug-likeness (QED) is 0.224. The molecule has 3 aliphatic rings. The Labute approximate surface area is 261 Å². The number of aliphatic carboxylic acids is 1. The number of β-lactam (4-membered cyclic amide) rings is 1. The molecule has 5 rings (SSSR count). The molecule has 12 nitrogen and oxygen atoms in total. The normalized spacial score (nSPS) is 21.0. The number of esters is 1. The third kappa shape index (κ3) is 6.33. The first-order valence-corrected chi connectivity index (χ1v) is 14.9. The Morgan fingerprint density at radius 3 is 2.48 bits per heavy atom. The molecule has 3 N–H and O–H groups in total. The highest BCUT2D eigenvalue weighted by atomic mass is 35.5. The predicted octanol–water partition coefficient (Wildman–Crippen LogP) is 2.71. The summed E-state index contributed by atoms with van der Waals surface area (Å²) in [6.45, 7) is 1.03. The van der Waals surface area contributed by atoms with Gasteiger partial charge in [0.1, 0.15) is 29.8 Å². The van der Waals surface area contributed by atoms with Crippen LogP contribution in [0.15, 0.2) is 71.4 Å². The summed E-state index contributed by atoms with van der Waals surface area (Å²) >= 11 is 7.15. The van der Waals surface area contributed by atoms with Crippen molar-refractivity contribution in [1.82, 2.24) is 20.4 Å². The van der Waals surface area contributed by atoms with Crippen LogP contribution in [-0.2, 0) is 28.7 Å². The van der Waals surface area contributed by atoms with E-state index in [1.54, 1.807) is 60.7 Å². The Kier molecular flexibility index (Phi) is 9.06. The summed E-state index contributed by atoms with van der Waals surface area (Å²) in [4.78, 5) is 78.4. The van der Waals surface area contributed by atoms with Crippen molar-refractivity contribution < 1.29 is 38.6 Å². The minimum atomic E-state index is -1.36. The minimum absolute atomic E-state index is 0.113. The number of urea groups is 1. The van der Waals surface area contributed by atoms with Crippen molar-refractivity contribution in [3.63, 3.8) is 0 Å². The highest BCUT2D eigenvalue weighted by Crippen LogP contribution is 2.40. The van der Waals surface area contributed by atoms with E-state index in [1.807, 2.05) is 0 Å². The third-order valence-corrected chi connectivity index (χ3v) is 8.83. The highest BCUT2D eigenvalue weighted by molar-refractivity contribution is 8.00. The minimum Gasteiger partial charge on any atom is -0.477 e. The lowest BCUT2D eigenvalue weighted by Gasteiger charge is -2.49. The second-order valence-corrected chi connectivity index (χ2v) is 11.7. The summed E-state index contributed by atoms with van der Waals surface area (Å²) in [5.74, 6) is -3.64. The molecule has 0 bridgehead atoms. The van der Waals surface area contributed by atoms with Gasteiger partial charge in [-0.25, -0.2) is 9.59 Å². The fourth-order valence-electron chi connectivity index (χ4n) is 5.07. The maximum Gasteiger partial charge on any atom is 0.352 e. The summed E-state index contributed by atoms with van der Waals surface area (Å²) in [7, 11) is 0. The molecule has 2 unspecified atom stereocenters. The lowest BCUT2D eigenvalue weighted by atomic mass is 10.0. The van der Waals surface area contributed by atoms with Gasteiger partial charge in [-0.05, 0) is 35.8 Å². The molecular formula is C30H27ClN4O8S. The molecule has 14 heteroatoms. The summed E-state index contributed by atoms with van der Waals surface area (Å²) in [5.41, 5.74) is 1.57. The molecule has 2 fully saturated rings. The molecule has 3 aliphatic heterocycles. The van der Waals surface area contributed by atoms with Gasteiger partial charge in [0.25, 0.3) is 11.8 Å². The summed E-state index contributed by atoms with van der Waals surface area (Å²) in [5, 5.41) is 14.9. The van der Waals surface area contributed by atoms with Gasteiger partial charge in [0, 0.05) is 35.4 Å². The maximum atomic E-state index is 13.6. The number of nitrogens with zero attached hydrogens (tertiary/aromatic N) is 2. The monoisotopic (exact) mass is 638 g/mol. The van der Waals surface area contributed by atoms with Crippen LogP contribution in [0.3, 0.4) is 0 Å². The Bertz CT molecular complexity index is 1590. The fraction of sp³-hybridized carbons (Fsp3) is 0.267. The van der Waals surface area contributed by atoms with E-state index in [0.29, 0.717) is 22.6 Å². The van der Waals surface area contributed by atoms with Gasteiger partial charge in [0.15, 0.2) is 0 Å². The number of carboxylic acids is 1. The number of nitrogens with one attached hydrogen (secondary N) is 2. The number of ether oxygens (including phenoxy) is 1. The van der Waals surface area contributed by atoms with Crippen molar-refractivity contribution in [1.29, 1.82) is 0 Å². The van der Waals surface area contributed by atoms with Crippen LogP contribution < -0.4 is 10.6 Å². The van der Waals surface area contributed by atoms with Crippen LogP contribution in [0.4, 0.5) is 4.79 Å². The molecule has 2 aromatic rings. The van der Waals surface area contributed by atoms with E-state index in [4.69, 9.17) is 16.3 Å². The Balaban J connectivity index is 1.30. The van der Waals surface area contributed by atoms with Crippen molar-refractivity contribution in [2.45, 2.75) is 30.8 Å². The van der Waals surface area contributed by atoms with Crippen molar-refractivity contribution in [3.8, 4) is 0 Å². The Morgan fingerprint density at radius 2 is 1.82 bits per heavy atom. The van der Waals surface area contributed by atoms with E-state index in [9.17, 15) is 33.9 Å². The first-order valence-electron chi connectivity index (χ1n) is 13.5. The number of carbonyl (C=O) groups excluding carboxylic acids is 5. The fourth-order valence-corrected chi connectivity index (χ4v) is 6.52. The molecule has 2 aromatic carbocycles. The Morgan fingerprint density at radius 1 is 1.11 bits per heavy atom. The van der Waals surface area contributed by atoms with Crippen LogP contribution >= 0.6 is 23.4 Å². The third-order valence-electron chi connectivity index (χ3n) is 7.24. The molecule has 3 heterocycles. The first kappa shape index (κ1) is 30.8. The number of hydrogen-bond acceptors (Lipinski definition) is 8. The van der Waals surface area contributed by atoms with Gasteiger partial charge >= 0.3 is 18.0 Å². The van der Waals surface area contributed by atoms with Crippen LogP contribution in [0.2, 0.25) is 5.02 Å². The number of thioether (sulfide) groups is 1. The average molecular weight is 639 g/mol. The number of fused-ring (bicyclic) bond motifs is 1. The number of rotatable bonds is 8. The van der Waals surface area contributed by atoms with Gasteiger partial charge in [-0.15, -0.1) is 11.8 Å². The van der Waals surface area contributed by atoms with Gasteiger partial charge in [-0.2, -0.15) is 0 Å². The summed E-state index contributed by atoms with van der Waals surface area (Å²) in [6, 6.07) is 12.1. The topological polar surface area (TPSA) is 162 Å². The molecule has 44 heavy (non-hydrogen) atoms. The van der Waals surface area contributed by atoms with Crippen molar-refractivity contribution >= 4 is 65.1 Å². The summed E-state index contributed by atoms with van der Waals surface area (Å²) < 4.78 is 4.95. The van der Waals surface area contributed by atoms with E-state index >= 15 is 0 Å². The van der Waals surface area contributed by atoms with Gasteiger partial charge in [-0.1, -0.05) is 54.1 Å². The van der Waals surface area contributed by atoms with Gasteiger partial charge in [0.2, 0.25) is 5.91 Å². The standard InChI is InChI=1S/C30H27ClN4O8S/c1-16(36)43-14-20-15-44-28-23(27(39)35(28)24(20)29(40)41)32-25(37)22(18-5-3-2-4-6-18)33-30(42)34-12-11-19(26(34)38)13-17-7-9-21(31)10-8-17/h2-10,13,22-23,28H,11-12,14-15H2,1H3,(H,32,37)(H,33,42)(H,40,41)/t22?,23?,28-/m0/s1. The molecule has 2 saturated heterocycles. The van der Waals surface area contributed by atoms with Crippen molar-refractivity contribution in [2.75, 3.05) is 18.9 Å². The van der Waals surface area contributed by atoms with Crippen LogP contribution in [-0.4, -0.2) is 80.9 Å². The van der Waals surface area contributed by atoms with Crippen molar-refractivity contribution in [2.24, 2.45) is 0 Å². The maximum absolute atomic E-state index is 13.6. The number of halogens is 1. The lowest BCUT2D eigenvalue weighted by molar-refractivity contribution is -0.151. The van der Waals surface area contributed by atoms with Gasteiger partial charge in [-0.3, -0.25) is 29.0 Å². The number of likely N-dealkylation sites (tertiary alicyclic amines) is 1. The van der Waals surface area contributed by atoms with Crippen molar-refractivity contribution in [3.05, 3.63) is 87.6 Å². The molecule has 3 atom stereocenters. The number of carbonyl (C=O) groups is 6. The van der Waals surface area contributed by atoms with E-state index in [1.165, 1.54) is 18.7 Å². The molecule has 0 aromatic heterocycles. The largest absolute Gasteiger partial charge is 0.477 e. The zero-order chi connectivity index (χ0) is 31.5.